The molecule has 1 fully saturated rings. The van der Waals surface area contributed by atoms with Crippen molar-refractivity contribution in [2.45, 2.75) is 38.2 Å². The van der Waals surface area contributed by atoms with E-state index in [1.165, 1.54) is 0 Å². The first-order valence-electron chi connectivity index (χ1n) is 3.99. The summed E-state index contributed by atoms with van der Waals surface area (Å²) in [5.74, 6) is 0. The van der Waals surface area contributed by atoms with Gasteiger partial charge >= 0.3 is 0 Å². The second kappa shape index (κ2) is 4.28. The van der Waals surface area contributed by atoms with Crippen LogP contribution in [0.2, 0.25) is 0 Å². The van der Waals surface area contributed by atoms with E-state index in [1.54, 1.807) is 11.8 Å². The van der Waals surface area contributed by atoms with Gasteiger partial charge in [-0.25, -0.2) is 0 Å². The van der Waals surface area contributed by atoms with Crippen molar-refractivity contribution in [1.82, 2.24) is 10.6 Å². The van der Waals surface area contributed by atoms with Gasteiger partial charge in [-0.15, -0.1) is 0 Å². The van der Waals surface area contributed by atoms with E-state index in [1.807, 2.05) is 0 Å². The summed E-state index contributed by atoms with van der Waals surface area (Å²) in [5.41, 5.74) is 0. The van der Waals surface area contributed by atoms with Crippen LogP contribution in [0.25, 0.3) is 0 Å². The SMILES string of the molecule is CCC1NC(=S)SC(CC)N1. The second-order valence-electron chi connectivity index (χ2n) is 2.57. The lowest BCUT2D eigenvalue weighted by Gasteiger charge is -2.31. The molecule has 0 aromatic heterocycles. The number of thiocarbonyl (C=S) groups is 1. The first-order valence-corrected chi connectivity index (χ1v) is 5.28. The minimum Gasteiger partial charge on any atom is -0.356 e. The van der Waals surface area contributed by atoms with E-state index < -0.39 is 0 Å². The molecule has 0 aliphatic carbocycles. The van der Waals surface area contributed by atoms with Crippen LogP contribution in [0.1, 0.15) is 26.7 Å². The Bertz CT molecular complexity index is 135. The second-order valence-corrected chi connectivity index (χ2v) is 4.45. The Kier molecular flexibility index (Phi) is 3.62. The molecule has 2 nitrogen and oxygen atoms in total. The molecule has 2 atom stereocenters. The van der Waals surface area contributed by atoms with Gasteiger partial charge in [0.2, 0.25) is 0 Å². The molecule has 1 aliphatic rings. The van der Waals surface area contributed by atoms with Crippen molar-refractivity contribution in [2.75, 3.05) is 0 Å². The van der Waals surface area contributed by atoms with Gasteiger partial charge in [-0.05, 0) is 12.8 Å². The van der Waals surface area contributed by atoms with Gasteiger partial charge < -0.3 is 5.32 Å². The van der Waals surface area contributed by atoms with Crippen molar-refractivity contribution in [1.29, 1.82) is 0 Å². The van der Waals surface area contributed by atoms with Crippen LogP contribution >= 0.6 is 24.0 Å². The quantitative estimate of drug-likeness (QED) is 0.647. The van der Waals surface area contributed by atoms with Gasteiger partial charge in [0.05, 0.1) is 11.5 Å². The van der Waals surface area contributed by atoms with Crippen molar-refractivity contribution in [3.05, 3.63) is 0 Å². The molecule has 1 heterocycles. The molecule has 64 valence electrons. The minimum atomic E-state index is 0.383. The number of rotatable bonds is 2. The lowest BCUT2D eigenvalue weighted by molar-refractivity contribution is 0.450. The summed E-state index contributed by atoms with van der Waals surface area (Å²) in [6.07, 6.45) is 2.59. The summed E-state index contributed by atoms with van der Waals surface area (Å²) >= 11 is 6.82. The standard InChI is InChI=1S/C7H14N2S2/c1-3-5-8-6(4-2)11-7(10)9-5/h5-6,8H,3-4H2,1-2H3,(H,9,10). The highest BCUT2D eigenvalue weighted by Crippen LogP contribution is 2.18. The van der Waals surface area contributed by atoms with Gasteiger partial charge in [0.15, 0.2) is 0 Å². The van der Waals surface area contributed by atoms with Gasteiger partial charge in [0.25, 0.3) is 0 Å². The summed E-state index contributed by atoms with van der Waals surface area (Å²) in [5, 5.41) is 7.17. The molecule has 0 bridgehead atoms. The third-order valence-corrected chi connectivity index (χ3v) is 3.20. The predicted molar refractivity (Wildman–Crippen MR) is 54.6 cm³/mol. The van der Waals surface area contributed by atoms with E-state index in [2.05, 4.69) is 24.5 Å². The van der Waals surface area contributed by atoms with Crippen LogP contribution in [0, 0.1) is 0 Å². The zero-order valence-corrected chi connectivity index (χ0v) is 8.52. The molecule has 1 rings (SSSR count). The van der Waals surface area contributed by atoms with Gasteiger partial charge in [-0.3, -0.25) is 5.32 Å². The van der Waals surface area contributed by atoms with Gasteiger partial charge in [-0.1, -0.05) is 37.8 Å². The Labute approximate surface area is 77.5 Å². The number of hydrogen-bond acceptors (Lipinski definition) is 3. The van der Waals surface area contributed by atoms with Crippen molar-refractivity contribution in [3.8, 4) is 0 Å². The molecule has 0 amide bonds. The monoisotopic (exact) mass is 190 g/mol. The van der Waals surface area contributed by atoms with Crippen molar-refractivity contribution in [3.63, 3.8) is 0 Å². The summed E-state index contributed by atoms with van der Waals surface area (Å²) < 4.78 is 0.933. The van der Waals surface area contributed by atoms with Crippen molar-refractivity contribution >= 4 is 28.3 Å². The molecule has 0 aromatic carbocycles. The Balaban J connectivity index is 2.43. The zero-order valence-electron chi connectivity index (χ0n) is 6.89. The van der Waals surface area contributed by atoms with Gasteiger partial charge in [0.1, 0.15) is 4.32 Å². The first-order chi connectivity index (χ1) is 5.26. The Morgan fingerprint density at radius 3 is 2.73 bits per heavy atom. The number of thioether (sulfide) groups is 1. The van der Waals surface area contributed by atoms with E-state index >= 15 is 0 Å². The van der Waals surface area contributed by atoms with E-state index in [9.17, 15) is 0 Å². The lowest BCUT2D eigenvalue weighted by Crippen LogP contribution is -2.52. The average Bonchev–Trinajstić information content (AvgIpc) is 2.03. The van der Waals surface area contributed by atoms with E-state index in [-0.39, 0.29) is 0 Å². The zero-order chi connectivity index (χ0) is 8.27. The first kappa shape index (κ1) is 9.29. The largest absolute Gasteiger partial charge is 0.356 e. The molecule has 1 saturated heterocycles. The fourth-order valence-corrected chi connectivity index (χ4v) is 2.39. The summed E-state index contributed by atoms with van der Waals surface area (Å²) in [6.45, 7) is 4.32. The number of hydrogen-bond donors (Lipinski definition) is 2. The molecule has 4 heteroatoms. The average molecular weight is 190 g/mol. The van der Waals surface area contributed by atoms with Crippen LogP contribution in [-0.4, -0.2) is 15.9 Å². The van der Waals surface area contributed by atoms with Crippen molar-refractivity contribution < 1.29 is 0 Å². The molecule has 11 heavy (non-hydrogen) atoms. The summed E-state index contributed by atoms with van der Waals surface area (Å²) in [4.78, 5) is 0. The Morgan fingerprint density at radius 1 is 1.45 bits per heavy atom. The fraction of sp³-hybridized carbons (Fsp3) is 0.857. The molecular weight excluding hydrogens is 176 g/mol. The smallest absolute Gasteiger partial charge is 0.136 e. The molecule has 2 unspecified atom stereocenters. The molecule has 0 spiro atoms. The van der Waals surface area contributed by atoms with Crippen LogP contribution in [0.15, 0.2) is 0 Å². The van der Waals surface area contributed by atoms with Crippen LogP contribution in [-0.2, 0) is 0 Å². The van der Waals surface area contributed by atoms with E-state index in [0.717, 1.165) is 17.2 Å². The maximum atomic E-state index is 5.10. The fourth-order valence-electron chi connectivity index (χ4n) is 1.03. The normalized spacial score (nSPS) is 31.6. The van der Waals surface area contributed by atoms with E-state index in [0.29, 0.717) is 11.5 Å². The Morgan fingerprint density at radius 2 is 2.18 bits per heavy atom. The maximum absolute atomic E-state index is 5.10. The highest BCUT2D eigenvalue weighted by atomic mass is 32.2. The predicted octanol–water partition coefficient (Wildman–Crippen LogP) is 1.67. The van der Waals surface area contributed by atoms with Crippen LogP contribution < -0.4 is 10.6 Å². The summed E-state index contributed by atoms with van der Waals surface area (Å²) in [6, 6.07) is 0. The maximum Gasteiger partial charge on any atom is 0.136 e. The van der Waals surface area contributed by atoms with Crippen LogP contribution in [0.3, 0.4) is 0 Å². The van der Waals surface area contributed by atoms with Gasteiger partial charge in [0, 0.05) is 0 Å². The molecule has 0 saturated carbocycles. The summed E-state index contributed by atoms with van der Waals surface area (Å²) in [7, 11) is 0. The lowest BCUT2D eigenvalue weighted by atomic mass is 10.3. The molecule has 0 radical (unpaired) electrons. The molecule has 0 aromatic rings. The topological polar surface area (TPSA) is 24.1 Å². The molecule has 1 aliphatic heterocycles. The highest BCUT2D eigenvalue weighted by molar-refractivity contribution is 8.23. The third kappa shape index (κ3) is 2.61. The third-order valence-electron chi connectivity index (χ3n) is 1.71. The number of nitrogens with one attached hydrogen (secondary N) is 2. The molecule has 2 N–H and O–H groups in total. The van der Waals surface area contributed by atoms with Crippen molar-refractivity contribution in [2.24, 2.45) is 0 Å². The highest BCUT2D eigenvalue weighted by Gasteiger charge is 2.20. The van der Waals surface area contributed by atoms with Gasteiger partial charge in [-0.2, -0.15) is 0 Å². The van der Waals surface area contributed by atoms with Crippen LogP contribution in [0.5, 0.6) is 0 Å². The Hall–Kier alpha value is 0.200. The minimum absolute atomic E-state index is 0.383. The molecular formula is C7H14N2S2. The van der Waals surface area contributed by atoms with E-state index in [4.69, 9.17) is 12.2 Å². The van der Waals surface area contributed by atoms with Crippen LogP contribution in [0.4, 0.5) is 0 Å².